The Morgan fingerprint density at radius 3 is 3.00 bits per heavy atom. The number of aromatic nitrogens is 3. The fourth-order valence-electron chi connectivity index (χ4n) is 1.34. The lowest BCUT2D eigenvalue weighted by molar-refractivity contribution is 0.102. The molecule has 20 heavy (non-hydrogen) atoms. The van der Waals surface area contributed by atoms with Gasteiger partial charge in [0.25, 0.3) is 5.91 Å². The van der Waals surface area contributed by atoms with Gasteiger partial charge in [0, 0.05) is 23.5 Å². The third-order valence-corrected chi connectivity index (χ3v) is 2.71. The molecule has 0 saturated heterocycles. The maximum absolute atomic E-state index is 13.8. The van der Waals surface area contributed by atoms with Crippen molar-refractivity contribution in [3.8, 4) is 11.8 Å². The maximum Gasteiger partial charge on any atom is 0.260 e. The summed E-state index contributed by atoms with van der Waals surface area (Å²) in [7, 11) is 0. The summed E-state index contributed by atoms with van der Waals surface area (Å²) in [6.07, 6.45) is 0.313. The van der Waals surface area contributed by atoms with Gasteiger partial charge >= 0.3 is 0 Å². The minimum absolute atomic E-state index is 0.0497. The van der Waals surface area contributed by atoms with Crippen LogP contribution in [0.15, 0.2) is 18.2 Å². The Morgan fingerprint density at radius 1 is 1.50 bits per heavy atom. The predicted octanol–water partition coefficient (Wildman–Crippen LogP) is 1.06. The normalized spacial score (nSPS) is 9.70. The Hall–Kier alpha value is -2.37. The second-order valence-electron chi connectivity index (χ2n) is 3.59. The van der Waals surface area contributed by atoms with Crippen LogP contribution >= 0.6 is 11.5 Å². The smallest absolute Gasteiger partial charge is 0.260 e. The number of carbonyl (C=O) groups excluding carboxylic acids is 1. The van der Waals surface area contributed by atoms with Crippen LogP contribution in [-0.2, 0) is 0 Å². The maximum atomic E-state index is 13.8. The van der Waals surface area contributed by atoms with Crippen LogP contribution in [0.25, 0.3) is 0 Å². The van der Waals surface area contributed by atoms with E-state index in [0.717, 1.165) is 17.6 Å². The molecule has 0 aliphatic rings. The Bertz CT molecular complexity index is 664. The zero-order chi connectivity index (χ0) is 14.4. The number of carbonyl (C=O) groups is 1. The van der Waals surface area contributed by atoms with Crippen LogP contribution in [0.5, 0.6) is 0 Å². The second-order valence-corrected chi connectivity index (χ2v) is 4.32. The predicted molar refractivity (Wildman–Crippen MR) is 70.6 cm³/mol. The molecule has 2 aromatic rings. The van der Waals surface area contributed by atoms with Gasteiger partial charge in [-0.25, -0.2) is 4.39 Å². The molecule has 0 unspecified atom stereocenters. The van der Waals surface area contributed by atoms with Gasteiger partial charge in [-0.15, -0.1) is 0 Å². The quantitative estimate of drug-likeness (QED) is 0.826. The van der Waals surface area contributed by atoms with Gasteiger partial charge in [-0.2, -0.15) is 0 Å². The molecule has 0 fully saturated rings. The summed E-state index contributed by atoms with van der Waals surface area (Å²) in [5.41, 5.74) is 0.318. The van der Waals surface area contributed by atoms with Crippen LogP contribution in [0.1, 0.15) is 22.3 Å². The van der Waals surface area contributed by atoms with Gasteiger partial charge in [-0.3, -0.25) is 10.1 Å². The van der Waals surface area contributed by atoms with Gasteiger partial charge in [-0.1, -0.05) is 21.4 Å². The highest BCUT2D eigenvalue weighted by atomic mass is 32.1. The molecule has 6 nitrogen and oxygen atoms in total. The zero-order valence-electron chi connectivity index (χ0n) is 10.1. The summed E-state index contributed by atoms with van der Waals surface area (Å²) in [5.74, 6) is 4.04. The molecule has 0 bridgehead atoms. The fraction of sp³-hybridized carbons (Fsp3) is 0.167. The lowest BCUT2D eigenvalue weighted by Crippen LogP contribution is -2.13. The topological polar surface area (TPSA) is 88.0 Å². The van der Waals surface area contributed by atoms with Crippen LogP contribution < -0.4 is 5.32 Å². The first-order valence-electron chi connectivity index (χ1n) is 5.56. The first kappa shape index (κ1) is 14.0. The van der Waals surface area contributed by atoms with E-state index < -0.39 is 11.7 Å². The number of anilines is 1. The number of nitrogens with zero attached hydrogens (tertiary/aromatic N) is 3. The number of hydrogen-bond acceptors (Lipinski definition) is 6. The largest absolute Gasteiger partial charge is 0.395 e. The summed E-state index contributed by atoms with van der Waals surface area (Å²) in [5, 5.41) is 18.0. The van der Waals surface area contributed by atoms with E-state index in [0.29, 0.717) is 12.0 Å². The van der Waals surface area contributed by atoms with Crippen molar-refractivity contribution in [2.45, 2.75) is 6.42 Å². The lowest BCUT2D eigenvalue weighted by atomic mass is 10.1. The van der Waals surface area contributed by atoms with Crippen molar-refractivity contribution < 1.29 is 14.3 Å². The molecule has 1 amide bonds. The SMILES string of the molecule is O=C(Nc1nnns1)c1ccc(C#CCCO)cc1F. The van der Waals surface area contributed by atoms with Crippen molar-refractivity contribution in [1.29, 1.82) is 0 Å². The number of halogens is 1. The van der Waals surface area contributed by atoms with Gasteiger partial charge in [-0.05, 0) is 23.4 Å². The Labute approximate surface area is 117 Å². The monoisotopic (exact) mass is 292 g/mol. The Balaban J connectivity index is 2.13. The fourth-order valence-corrected chi connectivity index (χ4v) is 1.71. The molecule has 0 spiro atoms. The average molecular weight is 292 g/mol. The van der Waals surface area contributed by atoms with E-state index in [1.165, 1.54) is 12.1 Å². The molecule has 2 N–H and O–H groups in total. The van der Waals surface area contributed by atoms with E-state index in [4.69, 9.17) is 5.11 Å². The molecule has 8 heteroatoms. The third kappa shape index (κ3) is 3.57. The molecule has 1 heterocycles. The number of hydrogen-bond donors (Lipinski definition) is 2. The molecule has 1 aromatic heterocycles. The Morgan fingerprint density at radius 2 is 2.35 bits per heavy atom. The van der Waals surface area contributed by atoms with Crippen LogP contribution in [0.4, 0.5) is 9.52 Å². The molecule has 0 saturated carbocycles. The van der Waals surface area contributed by atoms with Gasteiger partial charge < -0.3 is 5.11 Å². The van der Waals surface area contributed by atoms with E-state index in [1.807, 2.05) is 0 Å². The van der Waals surface area contributed by atoms with Crippen molar-refractivity contribution in [3.63, 3.8) is 0 Å². The Kier molecular flexibility index (Phi) is 4.70. The van der Waals surface area contributed by atoms with E-state index in [-0.39, 0.29) is 17.3 Å². The number of amides is 1. The molecule has 2 rings (SSSR count). The molecular formula is C12H9FN4O2S. The first-order chi connectivity index (χ1) is 9.70. The van der Waals surface area contributed by atoms with Gasteiger partial charge in [0.2, 0.25) is 5.13 Å². The number of aliphatic hydroxyl groups is 1. The van der Waals surface area contributed by atoms with Crippen molar-refractivity contribution in [2.75, 3.05) is 11.9 Å². The zero-order valence-corrected chi connectivity index (χ0v) is 10.9. The number of nitrogens with one attached hydrogen (secondary N) is 1. The number of benzene rings is 1. The van der Waals surface area contributed by atoms with Crippen molar-refractivity contribution in [2.24, 2.45) is 0 Å². The average Bonchev–Trinajstić information content (AvgIpc) is 2.92. The van der Waals surface area contributed by atoms with E-state index >= 15 is 0 Å². The van der Waals surface area contributed by atoms with Crippen molar-refractivity contribution in [1.82, 2.24) is 14.8 Å². The number of rotatable bonds is 3. The summed E-state index contributed by atoms with van der Waals surface area (Å²) < 4.78 is 17.3. The van der Waals surface area contributed by atoms with Crippen LogP contribution in [-0.4, -0.2) is 32.4 Å². The summed E-state index contributed by atoms with van der Waals surface area (Å²) in [6.45, 7) is -0.0497. The van der Waals surface area contributed by atoms with Gasteiger partial charge in [0.1, 0.15) is 5.82 Å². The standard InChI is InChI=1S/C12H9FN4O2S/c13-10-7-8(3-1-2-6-18)4-5-9(10)11(19)14-12-15-16-17-20-12/h4-5,7,18H,2,6H2,(H,14,15,17,19). The highest BCUT2D eigenvalue weighted by Gasteiger charge is 2.13. The van der Waals surface area contributed by atoms with E-state index in [2.05, 4.69) is 32.0 Å². The third-order valence-electron chi connectivity index (χ3n) is 2.20. The number of aliphatic hydroxyl groups excluding tert-OH is 1. The molecule has 0 aliphatic heterocycles. The molecule has 0 atom stereocenters. The van der Waals surface area contributed by atoms with Crippen molar-refractivity contribution in [3.05, 3.63) is 35.1 Å². The summed E-state index contributed by atoms with van der Waals surface area (Å²) in [6, 6.07) is 4.03. The van der Waals surface area contributed by atoms with Gasteiger partial charge in [0.15, 0.2) is 0 Å². The highest BCUT2D eigenvalue weighted by Crippen LogP contribution is 2.13. The minimum Gasteiger partial charge on any atom is -0.395 e. The highest BCUT2D eigenvalue weighted by molar-refractivity contribution is 7.09. The van der Waals surface area contributed by atoms with Crippen LogP contribution in [0.3, 0.4) is 0 Å². The van der Waals surface area contributed by atoms with E-state index in [9.17, 15) is 9.18 Å². The molecule has 102 valence electrons. The van der Waals surface area contributed by atoms with E-state index in [1.54, 1.807) is 0 Å². The van der Waals surface area contributed by atoms with Crippen LogP contribution in [0, 0.1) is 17.7 Å². The molecule has 0 radical (unpaired) electrons. The van der Waals surface area contributed by atoms with Gasteiger partial charge in [0.05, 0.1) is 12.2 Å². The summed E-state index contributed by atoms with van der Waals surface area (Å²) in [4.78, 5) is 11.8. The van der Waals surface area contributed by atoms with Crippen molar-refractivity contribution >= 4 is 22.6 Å². The summed E-state index contributed by atoms with van der Waals surface area (Å²) >= 11 is 0.896. The minimum atomic E-state index is -0.684. The molecule has 1 aromatic carbocycles. The lowest BCUT2D eigenvalue weighted by Gasteiger charge is -2.02. The molecular weight excluding hydrogens is 283 g/mol. The first-order valence-corrected chi connectivity index (χ1v) is 6.33. The molecule has 0 aliphatic carbocycles. The van der Waals surface area contributed by atoms with Crippen LogP contribution in [0.2, 0.25) is 0 Å². The second kappa shape index (κ2) is 6.70.